The van der Waals surface area contributed by atoms with Gasteiger partial charge in [0.05, 0.1) is 28.2 Å². The van der Waals surface area contributed by atoms with Crippen LogP contribution in [0.15, 0.2) is 18.3 Å². The highest BCUT2D eigenvalue weighted by Gasteiger charge is 2.40. The number of nitro groups is 1. The van der Waals surface area contributed by atoms with Crippen molar-refractivity contribution in [1.82, 2.24) is 34.5 Å². The second-order valence-corrected chi connectivity index (χ2v) is 8.99. The Bertz CT molecular complexity index is 1450. The molecule has 1 aliphatic rings. The van der Waals surface area contributed by atoms with Crippen LogP contribution in [0.3, 0.4) is 0 Å². The Morgan fingerprint density at radius 2 is 2.03 bits per heavy atom. The van der Waals surface area contributed by atoms with Gasteiger partial charge in [-0.3, -0.25) is 15.1 Å². The van der Waals surface area contributed by atoms with Crippen LogP contribution in [0.4, 0.5) is 10.1 Å². The van der Waals surface area contributed by atoms with E-state index in [2.05, 4.69) is 25.1 Å². The Kier molecular flexibility index (Phi) is 6.01. The first-order chi connectivity index (χ1) is 16.7. The molecule has 0 radical (unpaired) electrons. The molecule has 1 aliphatic carbocycles. The van der Waals surface area contributed by atoms with E-state index in [0.717, 1.165) is 18.5 Å². The van der Waals surface area contributed by atoms with Crippen molar-refractivity contribution in [3.05, 3.63) is 56.0 Å². The number of alkyl halides is 1. The van der Waals surface area contributed by atoms with Crippen molar-refractivity contribution in [3.8, 4) is 11.6 Å². The van der Waals surface area contributed by atoms with Crippen LogP contribution in [-0.2, 0) is 6.54 Å². The van der Waals surface area contributed by atoms with E-state index in [4.69, 9.17) is 27.9 Å². The Morgan fingerprint density at radius 3 is 2.71 bits per heavy atom. The second-order valence-electron chi connectivity index (χ2n) is 8.30. The molecule has 14 heteroatoms. The van der Waals surface area contributed by atoms with Crippen LogP contribution >= 0.6 is 23.2 Å². The van der Waals surface area contributed by atoms with Gasteiger partial charge in [-0.2, -0.15) is 10.1 Å². The zero-order valence-corrected chi connectivity index (χ0v) is 20.2. The molecule has 182 valence electrons. The van der Waals surface area contributed by atoms with Gasteiger partial charge >= 0.3 is 11.6 Å². The molecule has 0 N–H and O–H groups in total. The average molecular weight is 521 g/mol. The first kappa shape index (κ1) is 23.4. The van der Waals surface area contributed by atoms with Crippen molar-refractivity contribution >= 4 is 39.9 Å². The van der Waals surface area contributed by atoms with Crippen LogP contribution in [-0.4, -0.2) is 52.2 Å². The fourth-order valence-electron chi connectivity index (χ4n) is 3.92. The molecule has 0 saturated heterocycles. The molecule has 1 unspecified atom stereocenters. The van der Waals surface area contributed by atoms with E-state index in [1.807, 2.05) is 13.0 Å². The van der Waals surface area contributed by atoms with Gasteiger partial charge in [-0.15, -0.1) is 5.10 Å². The van der Waals surface area contributed by atoms with Crippen molar-refractivity contribution in [2.75, 3.05) is 6.61 Å². The van der Waals surface area contributed by atoms with Crippen molar-refractivity contribution in [1.29, 1.82) is 0 Å². The molecule has 5 rings (SSSR count). The quantitative estimate of drug-likeness (QED) is 0.188. The third-order valence-corrected chi connectivity index (χ3v) is 6.08. The largest absolute Gasteiger partial charge is 0.469 e. The molecule has 1 fully saturated rings. The van der Waals surface area contributed by atoms with E-state index in [0.29, 0.717) is 22.5 Å². The summed E-state index contributed by atoms with van der Waals surface area (Å²) in [4.78, 5) is 23.8. The molecule has 0 spiro atoms. The molecule has 4 aromatic heterocycles. The molecular weight excluding hydrogens is 502 g/mol. The average Bonchev–Trinajstić information content (AvgIpc) is 3.50. The Labute approximate surface area is 208 Å². The number of nitrogens with zero attached hydrogens (tertiary/aromatic N) is 8. The van der Waals surface area contributed by atoms with Crippen molar-refractivity contribution in [3.63, 3.8) is 0 Å². The van der Waals surface area contributed by atoms with Crippen LogP contribution in [0.2, 0.25) is 10.4 Å². The monoisotopic (exact) mass is 520 g/mol. The lowest BCUT2D eigenvalue weighted by atomic mass is 10.2. The molecule has 1 saturated carbocycles. The van der Waals surface area contributed by atoms with Gasteiger partial charge in [0.1, 0.15) is 12.3 Å². The van der Waals surface area contributed by atoms with Gasteiger partial charge in [-0.25, -0.2) is 18.7 Å². The van der Waals surface area contributed by atoms with Gasteiger partial charge in [0, 0.05) is 17.8 Å². The number of halogens is 3. The smallest absolute Gasteiger partial charge is 0.354 e. The van der Waals surface area contributed by atoms with E-state index < -0.39 is 17.7 Å². The number of ether oxygens (including phenoxy) is 1. The van der Waals surface area contributed by atoms with E-state index in [1.54, 1.807) is 13.0 Å². The normalized spacial score (nSPS) is 14.4. The van der Waals surface area contributed by atoms with Crippen LogP contribution in [0.25, 0.3) is 16.7 Å². The lowest BCUT2D eigenvalue weighted by Crippen LogP contribution is -2.21. The summed E-state index contributed by atoms with van der Waals surface area (Å²) in [5.41, 5.74) is 2.54. The maximum Gasteiger partial charge on any atom is 0.354 e. The van der Waals surface area contributed by atoms with Gasteiger partial charge < -0.3 is 4.74 Å². The van der Waals surface area contributed by atoms with Crippen LogP contribution in [0, 0.1) is 24.0 Å². The number of fused-ring (bicyclic) bond motifs is 1. The number of rotatable bonds is 8. The molecule has 11 nitrogen and oxygen atoms in total. The van der Waals surface area contributed by atoms with Gasteiger partial charge in [0.15, 0.2) is 17.0 Å². The summed E-state index contributed by atoms with van der Waals surface area (Å²) in [6.45, 7) is 2.91. The summed E-state index contributed by atoms with van der Waals surface area (Å²) >= 11 is 11.9. The van der Waals surface area contributed by atoms with Gasteiger partial charge in [-0.05, 0) is 50.4 Å². The zero-order valence-electron chi connectivity index (χ0n) is 18.7. The molecule has 0 amide bonds. The minimum absolute atomic E-state index is 0.0239. The molecule has 0 aliphatic heterocycles. The van der Waals surface area contributed by atoms with Crippen LogP contribution < -0.4 is 4.74 Å². The predicted molar refractivity (Wildman–Crippen MR) is 125 cm³/mol. The summed E-state index contributed by atoms with van der Waals surface area (Å²) in [6, 6.07) is 3.61. The lowest BCUT2D eigenvalue weighted by Gasteiger charge is -2.09. The topological polar surface area (TPSA) is 127 Å². The summed E-state index contributed by atoms with van der Waals surface area (Å²) in [5, 5.41) is 20.9. The summed E-state index contributed by atoms with van der Waals surface area (Å²) < 4.78 is 23.2. The minimum atomic E-state index is -1.60. The molecule has 4 heterocycles. The Morgan fingerprint density at radius 1 is 1.26 bits per heavy atom. The van der Waals surface area contributed by atoms with Gasteiger partial charge in [0.25, 0.3) is 0 Å². The number of hydrogen-bond donors (Lipinski definition) is 0. The SMILES string of the molecule is Cc1ccc(-n2nc(OCC(F)Cn3nc(Cl)c4cnc(Cl)nc43)c([N+](=O)[O-])c2C2CC2)c(C)n1. The fraction of sp³-hybridized carbons (Fsp3) is 0.381. The molecule has 35 heavy (non-hydrogen) atoms. The summed E-state index contributed by atoms with van der Waals surface area (Å²) in [5.74, 6) is -0.266. The van der Waals surface area contributed by atoms with E-state index >= 15 is 0 Å². The maximum atomic E-state index is 14.9. The summed E-state index contributed by atoms with van der Waals surface area (Å²) in [6.07, 6.45) is 1.40. The standard InChI is InChI=1S/C21H19Cl2FN8O3/c1-10-3-6-15(11(2)26-10)31-16(12-4-5-12)17(32(33)34)20(29-31)35-9-13(24)8-30-19-14(18(22)28-30)7-25-21(23)27-19/h3,6-7,12-13H,4-5,8-9H2,1-2H3. The molecule has 4 aromatic rings. The third-order valence-electron chi connectivity index (χ3n) is 5.62. The Hall–Kier alpha value is -3.38. The highest BCUT2D eigenvalue weighted by Crippen LogP contribution is 2.48. The number of aromatic nitrogens is 7. The first-order valence-corrected chi connectivity index (χ1v) is 11.5. The van der Waals surface area contributed by atoms with Gasteiger partial charge in [-0.1, -0.05) is 11.6 Å². The van der Waals surface area contributed by atoms with Crippen LogP contribution in [0.1, 0.15) is 35.8 Å². The van der Waals surface area contributed by atoms with E-state index in [9.17, 15) is 14.5 Å². The second kappa shape index (κ2) is 9.00. The van der Waals surface area contributed by atoms with Crippen LogP contribution in [0.5, 0.6) is 5.88 Å². The molecule has 1 atom stereocenters. The molecule has 0 bridgehead atoms. The lowest BCUT2D eigenvalue weighted by molar-refractivity contribution is -0.386. The Balaban J connectivity index is 1.42. The highest BCUT2D eigenvalue weighted by molar-refractivity contribution is 6.34. The number of hydrogen-bond acceptors (Lipinski definition) is 8. The third kappa shape index (κ3) is 4.50. The number of pyridine rings is 1. The number of aryl methyl sites for hydroxylation is 2. The van der Waals surface area contributed by atoms with E-state index in [1.165, 1.54) is 15.6 Å². The van der Waals surface area contributed by atoms with Crippen molar-refractivity contribution < 1.29 is 14.1 Å². The first-order valence-electron chi connectivity index (χ1n) is 10.8. The highest BCUT2D eigenvalue weighted by atomic mass is 35.5. The van der Waals surface area contributed by atoms with Crippen molar-refractivity contribution in [2.24, 2.45) is 0 Å². The summed E-state index contributed by atoms with van der Waals surface area (Å²) in [7, 11) is 0. The predicted octanol–water partition coefficient (Wildman–Crippen LogP) is 4.53. The van der Waals surface area contributed by atoms with Gasteiger partial charge in [0.2, 0.25) is 5.28 Å². The molecule has 0 aromatic carbocycles. The fourth-order valence-corrected chi connectivity index (χ4v) is 4.27. The zero-order chi connectivity index (χ0) is 24.9. The molecular formula is C21H19Cl2FN8O3. The van der Waals surface area contributed by atoms with Crippen molar-refractivity contribution in [2.45, 2.75) is 45.3 Å². The maximum absolute atomic E-state index is 14.9. The van der Waals surface area contributed by atoms with E-state index in [-0.39, 0.29) is 40.1 Å². The minimum Gasteiger partial charge on any atom is -0.469 e.